The molecule has 0 radical (unpaired) electrons. The maximum absolute atomic E-state index is 13.0. The first-order valence-electron chi connectivity index (χ1n) is 9.94. The molecule has 0 aliphatic carbocycles. The number of benzene rings is 1. The van der Waals surface area contributed by atoms with Crippen LogP contribution in [0, 0.1) is 5.41 Å². The van der Waals surface area contributed by atoms with E-state index in [1.165, 1.54) is 23.5 Å². The molecule has 7 heteroatoms. The summed E-state index contributed by atoms with van der Waals surface area (Å²) in [6.07, 6.45) is 2.29. The van der Waals surface area contributed by atoms with Gasteiger partial charge in [-0.15, -0.1) is 5.10 Å². The zero-order valence-corrected chi connectivity index (χ0v) is 18.0. The van der Waals surface area contributed by atoms with E-state index in [0.717, 1.165) is 43.3 Å². The summed E-state index contributed by atoms with van der Waals surface area (Å²) in [4.78, 5) is 17.3. The second-order valence-electron chi connectivity index (χ2n) is 8.87. The summed E-state index contributed by atoms with van der Waals surface area (Å²) in [6.45, 7) is 8.42. The fourth-order valence-electron chi connectivity index (χ4n) is 4.62. The van der Waals surface area contributed by atoms with Gasteiger partial charge in [0, 0.05) is 48.4 Å². The first-order valence-corrected chi connectivity index (χ1v) is 11.2. The Hall–Kier alpha value is -1.50. The maximum Gasteiger partial charge on any atom is 0.236 e. The van der Waals surface area contributed by atoms with E-state index in [-0.39, 0.29) is 17.2 Å². The molecule has 2 fully saturated rings. The van der Waals surface area contributed by atoms with Gasteiger partial charge in [0.15, 0.2) is 0 Å². The molecule has 1 aromatic heterocycles. The molecule has 0 unspecified atom stereocenters. The lowest BCUT2D eigenvalue weighted by molar-refractivity contribution is -0.135. The van der Waals surface area contributed by atoms with Crippen LogP contribution in [0.1, 0.15) is 49.8 Å². The number of likely N-dealkylation sites (tertiary alicyclic amines) is 2. The van der Waals surface area contributed by atoms with E-state index in [0.29, 0.717) is 12.5 Å². The molecule has 2 atom stereocenters. The molecule has 2 aromatic rings. The summed E-state index contributed by atoms with van der Waals surface area (Å²) in [7, 11) is 0. The lowest BCUT2D eigenvalue weighted by atomic mass is 9.84. The van der Waals surface area contributed by atoms with Crippen LogP contribution in [0.15, 0.2) is 29.6 Å². The maximum atomic E-state index is 13.0. The monoisotopic (exact) mass is 418 g/mol. The molecule has 0 saturated carbocycles. The Morgan fingerprint density at radius 3 is 2.68 bits per heavy atom. The molecule has 150 valence electrons. The number of halogens is 1. The normalized spacial score (nSPS) is 25.2. The number of hydrogen-bond donors (Lipinski definition) is 0. The minimum atomic E-state index is 0.222. The van der Waals surface area contributed by atoms with Gasteiger partial charge in [-0.2, -0.15) is 0 Å². The molecule has 1 aromatic carbocycles. The highest BCUT2D eigenvalue weighted by Gasteiger charge is 2.38. The Morgan fingerprint density at radius 2 is 2.00 bits per heavy atom. The lowest BCUT2D eigenvalue weighted by Gasteiger charge is -2.38. The van der Waals surface area contributed by atoms with Crippen LogP contribution in [-0.2, 0) is 4.79 Å². The van der Waals surface area contributed by atoms with Gasteiger partial charge in [-0.1, -0.05) is 42.1 Å². The van der Waals surface area contributed by atoms with Crippen LogP contribution in [0.3, 0.4) is 0 Å². The first-order chi connectivity index (χ1) is 13.4. The Labute approximate surface area is 175 Å². The molecule has 2 saturated heterocycles. The molecule has 4 rings (SSSR count). The van der Waals surface area contributed by atoms with Gasteiger partial charge in [-0.3, -0.25) is 9.69 Å². The summed E-state index contributed by atoms with van der Waals surface area (Å²) >= 11 is 7.47. The van der Waals surface area contributed by atoms with E-state index in [1.54, 1.807) is 0 Å². The highest BCUT2D eigenvalue weighted by Crippen LogP contribution is 2.39. The number of carbonyl (C=O) groups is 1. The van der Waals surface area contributed by atoms with E-state index >= 15 is 0 Å². The fourth-order valence-corrected chi connectivity index (χ4v) is 5.27. The van der Waals surface area contributed by atoms with Crippen molar-refractivity contribution in [1.82, 2.24) is 19.4 Å². The molecule has 3 heterocycles. The molecule has 5 nitrogen and oxygen atoms in total. The Balaban J connectivity index is 1.48. The largest absolute Gasteiger partial charge is 0.341 e. The second kappa shape index (κ2) is 8.09. The van der Waals surface area contributed by atoms with Crippen LogP contribution >= 0.6 is 23.1 Å². The Morgan fingerprint density at radius 1 is 1.25 bits per heavy atom. The van der Waals surface area contributed by atoms with Crippen LogP contribution < -0.4 is 0 Å². The molecule has 0 bridgehead atoms. The van der Waals surface area contributed by atoms with Crippen LogP contribution in [-0.4, -0.2) is 58.0 Å². The molecule has 2 aliphatic heterocycles. The fraction of sp³-hybridized carbons (Fsp3) is 0.571. The van der Waals surface area contributed by atoms with Gasteiger partial charge in [0.25, 0.3) is 0 Å². The summed E-state index contributed by atoms with van der Waals surface area (Å²) in [5.74, 6) is 0.803. The van der Waals surface area contributed by atoms with Crippen molar-refractivity contribution >= 4 is 29.0 Å². The molecule has 1 amide bonds. The molecular formula is C21H27ClN4OS. The highest BCUT2D eigenvalue weighted by molar-refractivity contribution is 7.03. The van der Waals surface area contributed by atoms with Crippen LogP contribution in [0.25, 0.3) is 0 Å². The first kappa shape index (κ1) is 19.8. The topological polar surface area (TPSA) is 49.3 Å². The van der Waals surface area contributed by atoms with E-state index < -0.39 is 0 Å². The average molecular weight is 419 g/mol. The van der Waals surface area contributed by atoms with Crippen molar-refractivity contribution in [3.8, 4) is 0 Å². The van der Waals surface area contributed by atoms with E-state index in [2.05, 4.69) is 45.4 Å². The van der Waals surface area contributed by atoms with Crippen molar-refractivity contribution in [2.24, 2.45) is 5.41 Å². The quantitative estimate of drug-likeness (QED) is 0.752. The van der Waals surface area contributed by atoms with Crippen molar-refractivity contribution in [3.63, 3.8) is 0 Å². The molecule has 2 aliphatic rings. The summed E-state index contributed by atoms with van der Waals surface area (Å²) in [6, 6.07) is 8.07. The smallest absolute Gasteiger partial charge is 0.236 e. The van der Waals surface area contributed by atoms with Crippen LogP contribution in [0.5, 0.6) is 0 Å². The molecule has 28 heavy (non-hydrogen) atoms. The predicted octanol–water partition coefficient (Wildman–Crippen LogP) is 4.02. The van der Waals surface area contributed by atoms with Gasteiger partial charge in [0.1, 0.15) is 0 Å². The third kappa shape index (κ3) is 4.39. The van der Waals surface area contributed by atoms with E-state index in [4.69, 9.17) is 11.6 Å². The number of nitrogens with zero attached hydrogens (tertiary/aromatic N) is 4. The lowest BCUT2D eigenvalue weighted by Crippen LogP contribution is -2.47. The number of rotatable bonds is 4. The van der Waals surface area contributed by atoms with Crippen LogP contribution in [0.4, 0.5) is 0 Å². The van der Waals surface area contributed by atoms with Crippen molar-refractivity contribution in [2.75, 3.05) is 32.7 Å². The van der Waals surface area contributed by atoms with Gasteiger partial charge >= 0.3 is 0 Å². The number of piperidine rings is 1. The van der Waals surface area contributed by atoms with Crippen LogP contribution in [0.2, 0.25) is 5.02 Å². The van der Waals surface area contributed by atoms with Gasteiger partial charge < -0.3 is 4.90 Å². The summed E-state index contributed by atoms with van der Waals surface area (Å²) < 4.78 is 4.06. The van der Waals surface area contributed by atoms with Crippen molar-refractivity contribution in [1.29, 1.82) is 0 Å². The minimum Gasteiger partial charge on any atom is -0.341 e. The SMILES string of the molecule is CC1(C)CCCN(C(=O)CN2C[C@@H](c3ccc(Cl)cc3)[C@H](c3csnn3)C2)C1. The zero-order valence-electron chi connectivity index (χ0n) is 16.5. The number of hydrogen-bond acceptors (Lipinski definition) is 5. The number of aromatic nitrogens is 2. The second-order valence-corrected chi connectivity index (χ2v) is 9.92. The number of amides is 1. The van der Waals surface area contributed by atoms with E-state index in [9.17, 15) is 4.79 Å². The molecular weight excluding hydrogens is 392 g/mol. The highest BCUT2D eigenvalue weighted by atomic mass is 35.5. The van der Waals surface area contributed by atoms with Gasteiger partial charge in [-0.25, -0.2) is 0 Å². The number of carbonyl (C=O) groups excluding carboxylic acids is 1. The standard InChI is InChI=1S/C21H27ClN4OS/c1-21(2)8-3-9-26(14-21)20(27)12-25-10-17(15-4-6-16(22)7-5-15)18(11-25)19-13-28-24-23-19/h4-7,13,17-18H,3,8-12,14H2,1-2H3/t17-,18+/m0/s1. The Kier molecular flexibility index (Phi) is 5.72. The zero-order chi connectivity index (χ0) is 19.7. The Bertz CT molecular complexity index is 808. The van der Waals surface area contributed by atoms with E-state index in [1.807, 2.05) is 17.5 Å². The molecule has 0 N–H and O–H groups in total. The van der Waals surface area contributed by atoms with Gasteiger partial charge in [0.2, 0.25) is 5.91 Å². The van der Waals surface area contributed by atoms with Crippen molar-refractivity contribution in [2.45, 2.75) is 38.5 Å². The van der Waals surface area contributed by atoms with Crippen molar-refractivity contribution < 1.29 is 4.79 Å². The summed E-state index contributed by atoms with van der Waals surface area (Å²) in [5, 5.41) is 7.11. The van der Waals surface area contributed by atoms with Gasteiger partial charge in [0.05, 0.1) is 12.2 Å². The third-order valence-electron chi connectivity index (χ3n) is 6.06. The van der Waals surface area contributed by atoms with Crippen molar-refractivity contribution in [3.05, 3.63) is 45.9 Å². The summed E-state index contributed by atoms with van der Waals surface area (Å²) in [5.41, 5.74) is 2.50. The molecule has 0 spiro atoms. The average Bonchev–Trinajstić information content (AvgIpc) is 3.31. The third-order valence-corrected chi connectivity index (χ3v) is 6.84. The van der Waals surface area contributed by atoms with Gasteiger partial charge in [-0.05, 0) is 47.5 Å². The minimum absolute atomic E-state index is 0.222. The predicted molar refractivity (Wildman–Crippen MR) is 113 cm³/mol.